The van der Waals surface area contributed by atoms with Crippen molar-refractivity contribution in [2.75, 3.05) is 11.5 Å². The summed E-state index contributed by atoms with van der Waals surface area (Å²) in [6.07, 6.45) is 0. The third-order valence-corrected chi connectivity index (χ3v) is 7.60. The topological polar surface area (TPSA) is 58.2 Å². The highest BCUT2D eigenvalue weighted by Crippen LogP contribution is 2.27. The van der Waals surface area contributed by atoms with Crippen molar-refractivity contribution in [1.82, 2.24) is 10.6 Å². The molecule has 8 heteroatoms. The average Bonchev–Trinajstić information content (AvgIpc) is 2.92. The maximum absolute atomic E-state index is 12.4. The van der Waals surface area contributed by atoms with E-state index in [-0.39, 0.29) is 5.91 Å². The van der Waals surface area contributed by atoms with Gasteiger partial charge in [-0.25, -0.2) is 4.79 Å². The van der Waals surface area contributed by atoms with Gasteiger partial charge < -0.3 is 5.32 Å². The molecule has 3 rings (SSSR count). The van der Waals surface area contributed by atoms with Crippen LogP contribution in [0.25, 0.3) is 0 Å². The molecule has 0 spiro atoms. The molecule has 0 radical (unpaired) electrons. The zero-order valence-electron chi connectivity index (χ0n) is 14.3. The van der Waals surface area contributed by atoms with Gasteiger partial charge in [0.2, 0.25) is 0 Å². The van der Waals surface area contributed by atoms with Crippen LogP contribution in [0.15, 0.2) is 57.5 Å². The molecule has 1 saturated heterocycles. The first kappa shape index (κ1) is 20.8. The fourth-order valence-electron chi connectivity index (χ4n) is 2.62. The monoisotopic (exact) mass is 528 g/mol. The lowest BCUT2D eigenvalue weighted by Crippen LogP contribution is -2.51. The minimum Gasteiger partial charge on any atom is -0.322 e. The smallest absolute Gasteiger partial charge is 0.322 e. The van der Waals surface area contributed by atoms with Gasteiger partial charge in [0, 0.05) is 32.0 Å². The molecule has 2 aromatic carbocycles. The third kappa shape index (κ3) is 5.76. The zero-order chi connectivity index (χ0) is 19.3. The standard InChI is InChI=1S/C19H18Br2N2O2S2/c20-15-5-1-13(2-6-15)9-26-11-19(17(24)22-18(25)23-19)12-27-10-14-3-7-16(21)8-4-14/h1-8H,9-12H2,(H2,22,23,24,25). The van der Waals surface area contributed by atoms with Crippen LogP contribution in [0.2, 0.25) is 0 Å². The van der Waals surface area contributed by atoms with Gasteiger partial charge in [-0.1, -0.05) is 56.1 Å². The molecule has 0 unspecified atom stereocenters. The van der Waals surface area contributed by atoms with E-state index in [0.717, 1.165) is 20.5 Å². The maximum Gasteiger partial charge on any atom is 0.322 e. The van der Waals surface area contributed by atoms with Crippen molar-refractivity contribution >= 4 is 67.3 Å². The van der Waals surface area contributed by atoms with E-state index in [1.54, 1.807) is 23.5 Å². The molecular weight excluding hydrogens is 512 g/mol. The Morgan fingerprint density at radius 1 is 0.778 bits per heavy atom. The van der Waals surface area contributed by atoms with Crippen molar-refractivity contribution in [2.24, 2.45) is 0 Å². The molecule has 1 aliphatic heterocycles. The number of benzene rings is 2. The molecule has 3 amide bonds. The Balaban J connectivity index is 1.58. The van der Waals surface area contributed by atoms with E-state index in [1.165, 1.54) is 11.1 Å². The van der Waals surface area contributed by atoms with E-state index in [1.807, 2.05) is 24.3 Å². The molecule has 27 heavy (non-hydrogen) atoms. The first-order valence-corrected chi connectivity index (χ1v) is 12.1. The predicted molar refractivity (Wildman–Crippen MR) is 120 cm³/mol. The molecule has 2 N–H and O–H groups in total. The quantitative estimate of drug-likeness (QED) is 0.475. The minimum absolute atomic E-state index is 0.237. The molecule has 0 aromatic heterocycles. The number of carbonyl (C=O) groups excluding carboxylic acids is 2. The fourth-order valence-corrected chi connectivity index (χ4v) is 5.65. The van der Waals surface area contributed by atoms with Gasteiger partial charge in [-0.05, 0) is 35.4 Å². The Labute approximate surface area is 183 Å². The van der Waals surface area contributed by atoms with Crippen LogP contribution in [0.3, 0.4) is 0 Å². The van der Waals surface area contributed by atoms with Crippen LogP contribution < -0.4 is 10.6 Å². The van der Waals surface area contributed by atoms with E-state index in [4.69, 9.17) is 0 Å². The fraction of sp³-hybridized carbons (Fsp3) is 0.263. The molecule has 1 aliphatic rings. The second kappa shape index (κ2) is 9.49. The van der Waals surface area contributed by atoms with Crippen LogP contribution >= 0.6 is 55.4 Å². The van der Waals surface area contributed by atoms with E-state index in [0.29, 0.717) is 11.5 Å². The van der Waals surface area contributed by atoms with Gasteiger partial charge in [0.15, 0.2) is 0 Å². The largest absolute Gasteiger partial charge is 0.322 e. The lowest BCUT2D eigenvalue weighted by molar-refractivity contribution is -0.122. The first-order valence-electron chi connectivity index (χ1n) is 8.25. The Bertz CT molecular complexity index is 762. The Morgan fingerprint density at radius 2 is 1.22 bits per heavy atom. The van der Waals surface area contributed by atoms with Crippen LogP contribution in [0.5, 0.6) is 0 Å². The van der Waals surface area contributed by atoms with Crippen molar-refractivity contribution in [3.05, 3.63) is 68.6 Å². The minimum atomic E-state index is -0.864. The van der Waals surface area contributed by atoms with Gasteiger partial charge in [0.1, 0.15) is 5.54 Å². The molecule has 142 valence electrons. The SMILES string of the molecule is O=C1NC(=O)C(CSCc2ccc(Br)cc2)(CSCc2ccc(Br)cc2)N1. The summed E-state index contributed by atoms with van der Waals surface area (Å²) in [6, 6.07) is 15.8. The third-order valence-electron chi connectivity index (χ3n) is 4.08. The second-order valence-electron chi connectivity index (χ2n) is 6.23. The first-order chi connectivity index (χ1) is 13.0. The van der Waals surface area contributed by atoms with Gasteiger partial charge in [-0.3, -0.25) is 10.1 Å². The summed E-state index contributed by atoms with van der Waals surface area (Å²) in [5.74, 6) is 2.41. The van der Waals surface area contributed by atoms with Gasteiger partial charge >= 0.3 is 6.03 Å². The number of carbonyl (C=O) groups is 2. The maximum atomic E-state index is 12.4. The Hall–Kier alpha value is -0.960. The normalized spacial score (nSPS) is 15.5. The van der Waals surface area contributed by atoms with E-state index in [9.17, 15) is 9.59 Å². The molecule has 1 heterocycles. The molecule has 4 nitrogen and oxygen atoms in total. The number of rotatable bonds is 8. The number of hydrogen-bond donors (Lipinski definition) is 2. The summed E-state index contributed by atoms with van der Waals surface area (Å²) in [6.45, 7) is 0. The molecule has 0 aliphatic carbocycles. The van der Waals surface area contributed by atoms with Crippen molar-refractivity contribution in [3.63, 3.8) is 0 Å². The number of hydrogen-bond acceptors (Lipinski definition) is 4. The summed E-state index contributed by atoms with van der Waals surface area (Å²) in [5, 5.41) is 5.24. The number of nitrogens with one attached hydrogen (secondary N) is 2. The van der Waals surface area contributed by atoms with Crippen LogP contribution in [-0.2, 0) is 16.3 Å². The van der Waals surface area contributed by atoms with E-state index >= 15 is 0 Å². The van der Waals surface area contributed by atoms with Crippen LogP contribution in [0, 0.1) is 0 Å². The van der Waals surface area contributed by atoms with Crippen LogP contribution in [0.1, 0.15) is 11.1 Å². The van der Waals surface area contributed by atoms with Gasteiger partial charge in [0.05, 0.1) is 0 Å². The molecule has 0 atom stereocenters. The number of urea groups is 1. The van der Waals surface area contributed by atoms with Crippen molar-refractivity contribution in [3.8, 4) is 0 Å². The summed E-state index contributed by atoms with van der Waals surface area (Å²) in [7, 11) is 0. The number of halogens is 2. The lowest BCUT2D eigenvalue weighted by Gasteiger charge is -2.25. The number of imide groups is 1. The Morgan fingerprint density at radius 3 is 1.59 bits per heavy atom. The summed E-state index contributed by atoms with van der Waals surface area (Å²) >= 11 is 10.2. The molecule has 0 saturated carbocycles. The van der Waals surface area contributed by atoms with E-state index in [2.05, 4.69) is 66.8 Å². The van der Waals surface area contributed by atoms with Crippen molar-refractivity contribution < 1.29 is 9.59 Å². The molecule has 0 bridgehead atoms. The predicted octanol–water partition coefficient (Wildman–Crippen LogP) is 4.96. The summed E-state index contributed by atoms with van der Waals surface area (Å²) < 4.78 is 2.08. The number of thioether (sulfide) groups is 2. The molecular formula is C19H18Br2N2O2S2. The lowest BCUT2D eigenvalue weighted by atomic mass is 10.1. The van der Waals surface area contributed by atoms with Gasteiger partial charge in [0.25, 0.3) is 5.91 Å². The van der Waals surface area contributed by atoms with Gasteiger partial charge in [-0.15, -0.1) is 0 Å². The van der Waals surface area contributed by atoms with Crippen molar-refractivity contribution in [2.45, 2.75) is 17.0 Å². The molecule has 1 fully saturated rings. The highest BCUT2D eigenvalue weighted by molar-refractivity contribution is 9.10. The highest BCUT2D eigenvalue weighted by Gasteiger charge is 2.45. The second-order valence-corrected chi connectivity index (χ2v) is 10.0. The zero-order valence-corrected chi connectivity index (χ0v) is 19.1. The highest BCUT2D eigenvalue weighted by atomic mass is 79.9. The summed E-state index contributed by atoms with van der Waals surface area (Å²) in [4.78, 5) is 24.2. The van der Waals surface area contributed by atoms with E-state index < -0.39 is 11.6 Å². The van der Waals surface area contributed by atoms with Crippen LogP contribution in [0.4, 0.5) is 4.79 Å². The number of amides is 3. The van der Waals surface area contributed by atoms with Crippen LogP contribution in [-0.4, -0.2) is 29.0 Å². The van der Waals surface area contributed by atoms with Crippen molar-refractivity contribution in [1.29, 1.82) is 0 Å². The average molecular weight is 530 g/mol. The Kier molecular flexibility index (Phi) is 7.30. The summed E-state index contributed by atoms with van der Waals surface area (Å²) in [5.41, 5.74) is 1.51. The van der Waals surface area contributed by atoms with Gasteiger partial charge in [-0.2, -0.15) is 23.5 Å². The molecule has 2 aromatic rings.